The van der Waals surface area contributed by atoms with E-state index >= 15 is 0 Å². The predicted octanol–water partition coefficient (Wildman–Crippen LogP) is 11.7. The van der Waals surface area contributed by atoms with Gasteiger partial charge in [0.2, 0.25) is 0 Å². The van der Waals surface area contributed by atoms with Crippen LogP contribution in [0.2, 0.25) is 0 Å². The van der Waals surface area contributed by atoms with Crippen LogP contribution in [0.3, 0.4) is 0 Å². The number of hydrogen-bond acceptors (Lipinski definition) is 4. The highest BCUT2D eigenvalue weighted by Gasteiger charge is 2.42. The van der Waals surface area contributed by atoms with E-state index in [9.17, 15) is 0 Å². The van der Waals surface area contributed by atoms with Gasteiger partial charge < -0.3 is 4.90 Å². The predicted molar refractivity (Wildman–Crippen MR) is 202 cm³/mol. The van der Waals surface area contributed by atoms with Gasteiger partial charge in [-0.2, -0.15) is 0 Å². The first-order valence-corrected chi connectivity index (χ1v) is 17.2. The zero-order chi connectivity index (χ0) is 31.6. The van der Waals surface area contributed by atoms with E-state index in [1.54, 1.807) is 0 Å². The minimum absolute atomic E-state index is 0.0951. The summed E-state index contributed by atoms with van der Waals surface area (Å²) in [5, 5.41) is 5.24. The third kappa shape index (κ3) is 4.13. The number of aromatic nitrogens is 2. The maximum atomic E-state index is 5.31. The summed E-state index contributed by atoms with van der Waals surface area (Å²) in [7, 11) is 0. The lowest BCUT2D eigenvalue weighted by molar-refractivity contribution is 0.746. The maximum absolute atomic E-state index is 5.31. The molecule has 3 nitrogen and oxygen atoms in total. The number of benzene rings is 6. The minimum atomic E-state index is 0.0951. The highest BCUT2D eigenvalue weighted by molar-refractivity contribution is 7.26. The fourth-order valence-corrected chi connectivity index (χ4v) is 8.98. The van der Waals surface area contributed by atoms with E-state index in [4.69, 9.17) is 9.97 Å². The van der Waals surface area contributed by atoms with Gasteiger partial charge in [0.15, 0.2) is 5.82 Å². The van der Waals surface area contributed by atoms with Crippen molar-refractivity contribution in [2.24, 2.45) is 0 Å². The Bertz CT molecular complexity index is 2570. The van der Waals surface area contributed by atoms with Gasteiger partial charge in [-0.25, -0.2) is 9.97 Å². The lowest BCUT2D eigenvalue weighted by Crippen LogP contribution is -2.29. The number of nitrogens with zero attached hydrogens (tertiary/aromatic N) is 3. The molecule has 0 saturated heterocycles. The molecule has 4 heteroatoms. The van der Waals surface area contributed by atoms with Gasteiger partial charge in [0.1, 0.15) is 0 Å². The summed E-state index contributed by atoms with van der Waals surface area (Å²) < 4.78 is 2.61. The van der Waals surface area contributed by atoms with Crippen LogP contribution in [0.15, 0.2) is 164 Å². The molecule has 2 aromatic heterocycles. The molecular weight excluding hydrogens is 603 g/mol. The van der Waals surface area contributed by atoms with Crippen molar-refractivity contribution in [3.63, 3.8) is 0 Å². The number of hydrogen-bond donors (Lipinski definition) is 0. The van der Waals surface area contributed by atoms with Gasteiger partial charge in [0.05, 0.1) is 34.0 Å². The van der Waals surface area contributed by atoms with Crippen LogP contribution in [-0.4, -0.2) is 16.0 Å². The van der Waals surface area contributed by atoms with Crippen molar-refractivity contribution in [3.8, 4) is 33.8 Å². The molecule has 3 heterocycles. The molecule has 2 atom stereocenters. The quantitative estimate of drug-likeness (QED) is 0.193. The zero-order valence-corrected chi connectivity index (χ0v) is 26.8. The summed E-state index contributed by atoms with van der Waals surface area (Å²) in [6.45, 7) is 0. The monoisotopic (exact) mass is 631 g/mol. The molecule has 0 amide bonds. The van der Waals surface area contributed by atoms with Crippen molar-refractivity contribution in [1.29, 1.82) is 0 Å². The van der Waals surface area contributed by atoms with E-state index in [0.29, 0.717) is 0 Å². The first-order chi connectivity index (χ1) is 23.8. The molecule has 0 N–H and O–H groups in total. The average Bonchev–Trinajstić information content (AvgIpc) is 3.72. The van der Waals surface area contributed by atoms with Gasteiger partial charge in [-0.3, -0.25) is 0 Å². The van der Waals surface area contributed by atoms with Crippen molar-refractivity contribution >= 4 is 53.7 Å². The van der Waals surface area contributed by atoms with Crippen molar-refractivity contribution in [2.75, 3.05) is 4.90 Å². The highest BCUT2D eigenvalue weighted by Crippen LogP contribution is 2.58. The van der Waals surface area contributed by atoms with Crippen LogP contribution in [0.4, 0.5) is 11.4 Å². The summed E-state index contributed by atoms with van der Waals surface area (Å²) >= 11 is 1.90. The Labute approximate surface area is 282 Å². The molecule has 0 fully saturated rings. The smallest absolute Gasteiger partial charge is 0.159 e. The standard InChI is InChI=1S/C44H29N3S/c1-4-14-28(15-5-1)31-24-25-38-35(26-31)40-33-21-11-10-20-32(33)39-34-22-12-13-23-36(34)47(42(39)43(40)48-38)37-27-45-44(30-18-8-3-9-19-30)46-41(37)29-16-6-2-7-17-29/h1-27,34,36H. The zero-order valence-electron chi connectivity index (χ0n) is 26.0. The van der Waals surface area contributed by atoms with E-state index in [0.717, 1.165) is 28.3 Å². The average molecular weight is 632 g/mol. The van der Waals surface area contributed by atoms with Gasteiger partial charge in [0, 0.05) is 32.5 Å². The van der Waals surface area contributed by atoms with E-state index in [1.807, 2.05) is 29.5 Å². The first-order valence-electron chi connectivity index (χ1n) is 16.4. The molecule has 2 aliphatic rings. The normalized spacial score (nSPS) is 16.5. The Balaban J connectivity index is 1.29. The molecule has 0 radical (unpaired) electrons. The van der Waals surface area contributed by atoms with Crippen molar-refractivity contribution in [2.45, 2.75) is 12.0 Å². The van der Waals surface area contributed by atoms with Gasteiger partial charge >= 0.3 is 0 Å². The minimum Gasteiger partial charge on any atom is -0.329 e. The third-order valence-electron chi connectivity index (χ3n) is 9.84. The second-order valence-electron chi connectivity index (χ2n) is 12.5. The lowest BCUT2D eigenvalue weighted by atomic mass is 9.87. The molecule has 8 aromatic rings. The molecule has 0 bridgehead atoms. The summed E-state index contributed by atoms with van der Waals surface area (Å²) in [5.41, 5.74) is 9.16. The second-order valence-corrected chi connectivity index (χ2v) is 13.6. The van der Waals surface area contributed by atoms with Crippen LogP contribution >= 0.6 is 11.3 Å². The van der Waals surface area contributed by atoms with E-state index in [1.165, 1.54) is 53.3 Å². The van der Waals surface area contributed by atoms with Crippen molar-refractivity contribution in [3.05, 3.63) is 170 Å². The molecule has 6 aromatic carbocycles. The highest BCUT2D eigenvalue weighted by atomic mass is 32.1. The van der Waals surface area contributed by atoms with E-state index in [2.05, 4.69) is 151 Å². The molecule has 1 aliphatic carbocycles. The molecule has 48 heavy (non-hydrogen) atoms. The van der Waals surface area contributed by atoms with Gasteiger partial charge in [-0.1, -0.05) is 146 Å². The molecule has 10 rings (SSSR count). The summed E-state index contributed by atoms with van der Waals surface area (Å²) in [4.78, 5) is 12.9. The van der Waals surface area contributed by atoms with Crippen LogP contribution in [0.1, 0.15) is 11.5 Å². The first kappa shape index (κ1) is 27.3. The Kier molecular flexibility index (Phi) is 6.18. The van der Waals surface area contributed by atoms with Gasteiger partial charge in [-0.15, -0.1) is 11.3 Å². The van der Waals surface area contributed by atoms with Gasteiger partial charge in [-0.05, 0) is 39.6 Å². The second kappa shape index (κ2) is 10.9. The van der Waals surface area contributed by atoms with Crippen molar-refractivity contribution in [1.82, 2.24) is 9.97 Å². The number of anilines is 2. The van der Waals surface area contributed by atoms with E-state index in [-0.39, 0.29) is 12.0 Å². The Morgan fingerprint density at radius 1 is 0.583 bits per heavy atom. The SMILES string of the molecule is C1=CC2c3c(c4sc5ccc(-c6ccccc6)cc5c4c4ccccc34)N(c3cnc(-c4ccccc4)nc3-c3ccccc3)C2C=C1. The fourth-order valence-electron chi connectivity index (χ4n) is 7.73. The fraction of sp³-hybridized carbons (Fsp3) is 0.0455. The molecule has 1 aliphatic heterocycles. The summed E-state index contributed by atoms with van der Waals surface area (Å²) in [5.74, 6) is 0.925. The van der Waals surface area contributed by atoms with Crippen LogP contribution in [0, 0.1) is 0 Å². The molecule has 2 unspecified atom stereocenters. The number of rotatable bonds is 4. The van der Waals surface area contributed by atoms with Crippen LogP contribution < -0.4 is 4.90 Å². The van der Waals surface area contributed by atoms with Crippen LogP contribution in [-0.2, 0) is 0 Å². The number of allylic oxidation sites excluding steroid dienone is 2. The summed E-state index contributed by atoms with van der Waals surface area (Å²) in [6.07, 6.45) is 11.2. The third-order valence-corrected chi connectivity index (χ3v) is 11.0. The lowest BCUT2D eigenvalue weighted by Gasteiger charge is -2.30. The molecule has 226 valence electrons. The number of fused-ring (bicyclic) bond motifs is 10. The van der Waals surface area contributed by atoms with Crippen molar-refractivity contribution < 1.29 is 0 Å². The van der Waals surface area contributed by atoms with Crippen LogP contribution in [0.5, 0.6) is 0 Å². The topological polar surface area (TPSA) is 29.0 Å². The summed E-state index contributed by atoms with van der Waals surface area (Å²) in [6, 6.07) is 47.6. The largest absolute Gasteiger partial charge is 0.329 e. The molecular formula is C44H29N3S. The van der Waals surface area contributed by atoms with Gasteiger partial charge in [0.25, 0.3) is 0 Å². The molecule has 0 saturated carbocycles. The van der Waals surface area contributed by atoms with Crippen LogP contribution in [0.25, 0.3) is 64.7 Å². The Morgan fingerprint density at radius 3 is 2.02 bits per heavy atom. The van der Waals surface area contributed by atoms with E-state index < -0.39 is 0 Å². The maximum Gasteiger partial charge on any atom is 0.159 e. The number of thiophene rings is 1. The molecule has 0 spiro atoms. The Hall–Kier alpha value is -5.84. The Morgan fingerprint density at radius 2 is 1.25 bits per heavy atom.